The average Bonchev–Trinajstić information content (AvgIpc) is 2.75. The van der Waals surface area contributed by atoms with Crippen molar-refractivity contribution in [3.8, 4) is 0 Å². The molecule has 0 radical (unpaired) electrons. The second-order valence-electron chi connectivity index (χ2n) is 3.83. The molecule has 6 heteroatoms. The van der Waals surface area contributed by atoms with Gasteiger partial charge < -0.3 is 4.90 Å². The van der Waals surface area contributed by atoms with Gasteiger partial charge in [-0.05, 0) is 28.1 Å². The van der Waals surface area contributed by atoms with Gasteiger partial charge in [0.1, 0.15) is 0 Å². The maximum absolute atomic E-state index is 14.0. The Bertz CT molecular complexity index is 547. The van der Waals surface area contributed by atoms with Gasteiger partial charge >= 0.3 is 0 Å². The van der Waals surface area contributed by atoms with Crippen LogP contribution in [0, 0.1) is 5.82 Å². The van der Waals surface area contributed by atoms with E-state index in [4.69, 9.17) is 11.6 Å². The molecule has 0 unspecified atom stereocenters. The van der Waals surface area contributed by atoms with Crippen LogP contribution in [0.5, 0.6) is 0 Å². The minimum Gasteiger partial charge on any atom is -0.352 e. The minimum absolute atomic E-state index is 0.153. The highest BCUT2D eigenvalue weighted by molar-refractivity contribution is 9.10. The molecule has 96 valence electrons. The molecule has 0 N–H and O–H groups in total. The van der Waals surface area contributed by atoms with Gasteiger partial charge in [0.15, 0.2) is 11.6 Å². The molecule has 0 aliphatic heterocycles. The van der Waals surface area contributed by atoms with Crippen molar-refractivity contribution in [3.63, 3.8) is 0 Å². The Morgan fingerprint density at radius 1 is 1.56 bits per heavy atom. The molecule has 0 bridgehead atoms. The van der Waals surface area contributed by atoms with Crippen molar-refractivity contribution >= 4 is 44.7 Å². The smallest absolute Gasteiger partial charge is 0.170 e. The summed E-state index contributed by atoms with van der Waals surface area (Å²) in [5.74, 6) is 0.142. The second-order valence-corrected chi connectivity index (χ2v) is 6.01. The average molecular weight is 350 g/mol. The van der Waals surface area contributed by atoms with Crippen LogP contribution in [0.2, 0.25) is 0 Å². The van der Waals surface area contributed by atoms with Crippen molar-refractivity contribution in [1.29, 1.82) is 0 Å². The van der Waals surface area contributed by atoms with Crippen LogP contribution in [-0.4, -0.2) is 12.0 Å². The van der Waals surface area contributed by atoms with Crippen molar-refractivity contribution in [1.82, 2.24) is 4.98 Å². The minimum atomic E-state index is -0.342. The first kappa shape index (κ1) is 13.8. The maximum atomic E-state index is 14.0. The molecule has 2 rings (SSSR count). The van der Waals surface area contributed by atoms with E-state index in [9.17, 15) is 4.39 Å². The summed E-state index contributed by atoms with van der Waals surface area (Å²) in [5, 5.41) is 2.00. The largest absolute Gasteiger partial charge is 0.352 e. The lowest BCUT2D eigenvalue weighted by molar-refractivity contribution is 0.604. The molecule has 0 aromatic carbocycles. The van der Waals surface area contributed by atoms with Crippen LogP contribution in [-0.2, 0) is 12.4 Å². The summed E-state index contributed by atoms with van der Waals surface area (Å²) >= 11 is 10.7. The summed E-state index contributed by atoms with van der Waals surface area (Å²) in [7, 11) is 1.82. The molecule has 0 amide bonds. The predicted octanol–water partition coefficient (Wildman–Crippen LogP) is 4.42. The summed E-state index contributed by atoms with van der Waals surface area (Å²) in [6, 6.07) is 3.62. The molecule has 0 spiro atoms. The van der Waals surface area contributed by atoms with Crippen LogP contribution in [0.4, 0.5) is 10.2 Å². The number of halogens is 3. The first-order valence-corrected chi connectivity index (χ1v) is 7.46. The molecule has 18 heavy (non-hydrogen) atoms. The maximum Gasteiger partial charge on any atom is 0.170 e. The third-order valence-electron chi connectivity index (χ3n) is 2.47. The number of nitrogens with zero attached hydrogens (tertiary/aromatic N) is 2. The van der Waals surface area contributed by atoms with E-state index in [0.717, 1.165) is 9.35 Å². The van der Waals surface area contributed by atoms with Crippen LogP contribution >= 0.6 is 38.9 Å². The Morgan fingerprint density at radius 2 is 2.33 bits per heavy atom. The molecule has 0 atom stereocenters. The Hall–Kier alpha value is -0.650. The van der Waals surface area contributed by atoms with Crippen LogP contribution in [0.3, 0.4) is 0 Å². The molecule has 2 aromatic heterocycles. The van der Waals surface area contributed by atoms with Gasteiger partial charge in [-0.25, -0.2) is 9.37 Å². The number of pyridine rings is 1. The lowest BCUT2D eigenvalue weighted by Gasteiger charge is -2.18. The van der Waals surface area contributed by atoms with Crippen molar-refractivity contribution in [3.05, 3.63) is 44.4 Å². The Balaban J connectivity index is 2.21. The second kappa shape index (κ2) is 5.99. The number of hydrogen-bond donors (Lipinski definition) is 0. The lowest BCUT2D eigenvalue weighted by Crippen LogP contribution is -2.19. The molecule has 0 aliphatic rings. The fourth-order valence-corrected chi connectivity index (χ4v) is 3.30. The number of thiophene rings is 1. The van der Waals surface area contributed by atoms with Crippen molar-refractivity contribution in [2.45, 2.75) is 12.4 Å². The zero-order valence-electron chi connectivity index (χ0n) is 9.66. The summed E-state index contributed by atoms with van der Waals surface area (Å²) in [6.45, 7) is 0.617. The lowest BCUT2D eigenvalue weighted by atomic mass is 10.2. The van der Waals surface area contributed by atoms with Gasteiger partial charge in [0.05, 0.1) is 12.4 Å². The molecular weight excluding hydrogens is 339 g/mol. The fraction of sp³-hybridized carbons (Fsp3) is 0.250. The summed E-state index contributed by atoms with van der Waals surface area (Å²) < 4.78 is 15.1. The first-order chi connectivity index (χ1) is 8.61. The standard InChI is InChI=1S/C12H11BrClFN2S/c1-17(6-10-4-9(13)7-18-10)12-11(15)8(5-14)2-3-16-12/h2-4,7H,5-6H2,1H3. The summed E-state index contributed by atoms with van der Waals surface area (Å²) in [5.41, 5.74) is 0.473. The van der Waals surface area contributed by atoms with Gasteiger partial charge in [-0.2, -0.15) is 0 Å². The van der Waals surface area contributed by atoms with E-state index in [-0.39, 0.29) is 11.7 Å². The molecule has 2 aromatic rings. The quantitative estimate of drug-likeness (QED) is 0.760. The molecule has 0 saturated heterocycles. The molecule has 0 saturated carbocycles. The number of rotatable bonds is 4. The van der Waals surface area contributed by atoms with E-state index >= 15 is 0 Å². The highest BCUT2D eigenvalue weighted by Crippen LogP contribution is 2.25. The molecule has 2 nitrogen and oxygen atoms in total. The Kier molecular flexibility index (Phi) is 4.59. The van der Waals surface area contributed by atoms with Crippen LogP contribution in [0.15, 0.2) is 28.2 Å². The number of hydrogen-bond acceptors (Lipinski definition) is 3. The fourth-order valence-electron chi connectivity index (χ4n) is 1.59. The van der Waals surface area contributed by atoms with Gasteiger partial charge in [0, 0.05) is 33.5 Å². The number of alkyl halides is 1. The highest BCUT2D eigenvalue weighted by atomic mass is 79.9. The van der Waals surface area contributed by atoms with Crippen molar-refractivity contribution < 1.29 is 4.39 Å². The van der Waals surface area contributed by atoms with Gasteiger partial charge in [0.2, 0.25) is 0 Å². The van der Waals surface area contributed by atoms with Crippen LogP contribution in [0.1, 0.15) is 10.4 Å². The summed E-state index contributed by atoms with van der Waals surface area (Å²) in [4.78, 5) is 7.00. The van der Waals surface area contributed by atoms with E-state index in [0.29, 0.717) is 17.9 Å². The van der Waals surface area contributed by atoms with Crippen molar-refractivity contribution in [2.24, 2.45) is 0 Å². The zero-order chi connectivity index (χ0) is 13.1. The Labute approximate surface area is 123 Å². The van der Waals surface area contributed by atoms with Gasteiger partial charge in [-0.1, -0.05) is 0 Å². The molecular formula is C12H11BrClFN2S. The van der Waals surface area contributed by atoms with Crippen LogP contribution < -0.4 is 4.90 Å². The molecule has 2 heterocycles. The zero-order valence-corrected chi connectivity index (χ0v) is 12.8. The van der Waals surface area contributed by atoms with E-state index in [2.05, 4.69) is 20.9 Å². The van der Waals surface area contributed by atoms with Gasteiger partial charge in [-0.3, -0.25) is 0 Å². The number of anilines is 1. The SMILES string of the molecule is CN(Cc1cc(Br)cs1)c1nccc(CCl)c1F. The van der Waals surface area contributed by atoms with Crippen molar-refractivity contribution in [2.75, 3.05) is 11.9 Å². The third kappa shape index (κ3) is 3.02. The topological polar surface area (TPSA) is 16.1 Å². The Morgan fingerprint density at radius 3 is 2.94 bits per heavy atom. The number of aromatic nitrogens is 1. The van der Waals surface area contributed by atoms with E-state index < -0.39 is 0 Å². The van der Waals surface area contributed by atoms with Gasteiger partial charge in [0.25, 0.3) is 0 Å². The first-order valence-electron chi connectivity index (χ1n) is 5.25. The summed E-state index contributed by atoms with van der Waals surface area (Å²) in [6.07, 6.45) is 1.58. The highest BCUT2D eigenvalue weighted by Gasteiger charge is 2.13. The third-order valence-corrected chi connectivity index (χ3v) is 4.44. The van der Waals surface area contributed by atoms with E-state index in [1.165, 1.54) is 0 Å². The monoisotopic (exact) mass is 348 g/mol. The van der Waals surface area contributed by atoms with Gasteiger partial charge in [-0.15, -0.1) is 22.9 Å². The van der Waals surface area contributed by atoms with E-state index in [1.54, 1.807) is 28.5 Å². The molecule has 0 fully saturated rings. The van der Waals surface area contributed by atoms with Crippen LogP contribution in [0.25, 0.3) is 0 Å². The predicted molar refractivity (Wildman–Crippen MR) is 77.9 cm³/mol. The van der Waals surface area contributed by atoms with E-state index in [1.807, 2.05) is 18.5 Å². The normalized spacial score (nSPS) is 10.7. The molecule has 0 aliphatic carbocycles.